The first-order valence-corrected chi connectivity index (χ1v) is 8.58. The number of hydrogen-bond donors (Lipinski definition) is 0. The van der Waals surface area contributed by atoms with Crippen molar-refractivity contribution in [3.63, 3.8) is 0 Å². The van der Waals surface area contributed by atoms with Crippen LogP contribution in [0.2, 0.25) is 10.0 Å². The van der Waals surface area contributed by atoms with Gasteiger partial charge in [0.1, 0.15) is 5.76 Å². The molecule has 0 spiro atoms. The van der Waals surface area contributed by atoms with E-state index in [9.17, 15) is 14.9 Å². The zero-order valence-corrected chi connectivity index (χ0v) is 15.1. The summed E-state index contributed by atoms with van der Waals surface area (Å²) >= 11 is 12.5. The standard InChI is InChI=1S/C18H11Cl2N3O4/c19-13-8-11(23(25)26)9-14(20)18(13)21-6-5-16-15(21)3-4-17(24)22(16)10-12-2-1-7-27-12/h1-9H,10H2. The summed E-state index contributed by atoms with van der Waals surface area (Å²) in [4.78, 5) is 22.8. The Hall–Kier alpha value is -3.03. The lowest BCUT2D eigenvalue weighted by Gasteiger charge is -2.11. The summed E-state index contributed by atoms with van der Waals surface area (Å²) in [7, 11) is 0. The third-order valence-electron chi connectivity index (χ3n) is 4.19. The first-order valence-electron chi connectivity index (χ1n) is 7.83. The molecule has 1 aromatic carbocycles. The van der Waals surface area contributed by atoms with E-state index in [4.69, 9.17) is 27.6 Å². The summed E-state index contributed by atoms with van der Waals surface area (Å²) in [6.07, 6.45) is 3.25. The second kappa shape index (κ2) is 6.61. The molecule has 0 saturated heterocycles. The fourth-order valence-electron chi connectivity index (χ4n) is 2.99. The van der Waals surface area contributed by atoms with E-state index < -0.39 is 4.92 Å². The van der Waals surface area contributed by atoms with Gasteiger partial charge in [-0.15, -0.1) is 0 Å². The average Bonchev–Trinajstić information content (AvgIpc) is 3.27. The molecule has 3 aromatic heterocycles. The van der Waals surface area contributed by atoms with Crippen LogP contribution in [0.15, 0.2) is 64.1 Å². The van der Waals surface area contributed by atoms with Gasteiger partial charge in [0.05, 0.1) is 44.5 Å². The molecule has 0 unspecified atom stereocenters. The van der Waals surface area contributed by atoms with Crippen LogP contribution >= 0.6 is 23.2 Å². The highest BCUT2D eigenvalue weighted by Crippen LogP contribution is 2.35. The SMILES string of the molecule is O=c1ccc2c(ccn2-c2c(Cl)cc([N+](=O)[O-])cc2Cl)n1Cc1ccco1. The number of aromatic nitrogens is 2. The molecule has 0 aliphatic carbocycles. The van der Waals surface area contributed by atoms with Gasteiger partial charge in [0.2, 0.25) is 0 Å². The highest BCUT2D eigenvalue weighted by molar-refractivity contribution is 6.38. The second-order valence-corrected chi connectivity index (χ2v) is 6.62. The van der Waals surface area contributed by atoms with Crippen molar-refractivity contribution >= 4 is 39.9 Å². The molecule has 4 rings (SSSR count). The van der Waals surface area contributed by atoms with Crippen molar-refractivity contribution in [3.8, 4) is 5.69 Å². The van der Waals surface area contributed by atoms with Crippen molar-refractivity contribution in [2.45, 2.75) is 6.54 Å². The summed E-state index contributed by atoms with van der Waals surface area (Å²) < 4.78 is 8.60. The lowest BCUT2D eigenvalue weighted by atomic mass is 10.2. The van der Waals surface area contributed by atoms with Gasteiger partial charge in [0.25, 0.3) is 11.2 Å². The van der Waals surface area contributed by atoms with Crippen molar-refractivity contribution in [1.82, 2.24) is 9.13 Å². The first-order chi connectivity index (χ1) is 13.0. The molecule has 27 heavy (non-hydrogen) atoms. The van der Waals surface area contributed by atoms with Gasteiger partial charge in [-0.2, -0.15) is 0 Å². The Labute approximate surface area is 162 Å². The summed E-state index contributed by atoms with van der Waals surface area (Å²) in [6.45, 7) is 0.273. The third-order valence-corrected chi connectivity index (χ3v) is 4.77. The molecule has 9 heteroatoms. The van der Waals surface area contributed by atoms with Crippen molar-refractivity contribution in [1.29, 1.82) is 0 Å². The van der Waals surface area contributed by atoms with E-state index >= 15 is 0 Å². The van der Waals surface area contributed by atoms with Crippen LogP contribution in [-0.2, 0) is 6.54 Å². The van der Waals surface area contributed by atoms with Crippen LogP contribution in [0.3, 0.4) is 0 Å². The van der Waals surface area contributed by atoms with Crippen molar-refractivity contribution in [2.75, 3.05) is 0 Å². The van der Waals surface area contributed by atoms with E-state index in [1.165, 1.54) is 18.2 Å². The molecule has 0 fully saturated rings. The number of benzene rings is 1. The fourth-order valence-corrected chi connectivity index (χ4v) is 3.65. The molecule has 0 saturated carbocycles. The minimum absolute atomic E-state index is 0.135. The summed E-state index contributed by atoms with van der Waals surface area (Å²) in [5, 5.41) is 11.3. The van der Waals surface area contributed by atoms with Gasteiger partial charge < -0.3 is 8.98 Å². The van der Waals surface area contributed by atoms with Gasteiger partial charge in [0, 0.05) is 24.4 Å². The minimum atomic E-state index is -0.559. The molecule has 136 valence electrons. The smallest absolute Gasteiger partial charge is 0.272 e. The maximum Gasteiger partial charge on any atom is 0.272 e. The Kier molecular flexibility index (Phi) is 4.25. The normalized spacial score (nSPS) is 11.2. The number of furan rings is 1. The largest absolute Gasteiger partial charge is 0.467 e. The Morgan fingerprint density at radius 2 is 1.81 bits per heavy atom. The van der Waals surface area contributed by atoms with Crippen molar-refractivity contribution in [3.05, 3.63) is 91.2 Å². The van der Waals surface area contributed by atoms with Crippen LogP contribution in [0.25, 0.3) is 16.7 Å². The number of pyridine rings is 1. The Bertz CT molecular complexity index is 1200. The number of halogens is 2. The summed E-state index contributed by atoms with van der Waals surface area (Å²) in [5.74, 6) is 0.642. The number of nitro benzene ring substituents is 1. The predicted octanol–water partition coefficient (Wildman–Crippen LogP) is 4.65. The van der Waals surface area contributed by atoms with Gasteiger partial charge in [-0.1, -0.05) is 23.2 Å². The van der Waals surface area contributed by atoms with Gasteiger partial charge in [-0.3, -0.25) is 19.5 Å². The van der Waals surface area contributed by atoms with Crippen LogP contribution in [0.4, 0.5) is 5.69 Å². The highest BCUT2D eigenvalue weighted by atomic mass is 35.5. The molecule has 0 amide bonds. The topological polar surface area (TPSA) is 83.2 Å². The van der Waals surface area contributed by atoms with Crippen LogP contribution in [0.1, 0.15) is 5.76 Å². The number of nitro groups is 1. The zero-order chi connectivity index (χ0) is 19.1. The van der Waals surface area contributed by atoms with Crippen LogP contribution < -0.4 is 5.56 Å². The van der Waals surface area contributed by atoms with Gasteiger partial charge in [-0.05, 0) is 24.3 Å². The third kappa shape index (κ3) is 3.01. The van der Waals surface area contributed by atoms with Crippen LogP contribution in [0.5, 0.6) is 0 Å². The molecule has 0 aliphatic rings. The van der Waals surface area contributed by atoms with Crippen LogP contribution in [-0.4, -0.2) is 14.1 Å². The maximum atomic E-state index is 12.3. The predicted molar refractivity (Wildman–Crippen MR) is 102 cm³/mol. The number of fused-ring (bicyclic) bond motifs is 1. The quantitative estimate of drug-likeness (QED) is 0.366. The lowest BCUT2D eigenvalue weighted by Crippen LogP contribution is -2.19. The van der Waals surface area contributed by atoms with E-state index in [1.54, 1.807) is 45.9 Å². The Balaban J connectivity index is 1.90. The maximum absolute atomic E-state index is 12.3. The first kappa shape index (κ1) is 17.4. The number of nitrogens with zero attached hydrogens (tertiary/aromatic N) is 3. The van der Waals surface area contributed by atoms with E-state index in [0.717, 1.165) is 0 Å². The highest BCUT2D eigenvalue weighted by Gasteiger charge is 2.18. The van der Waals surface area contributed by atoms with Crippen LogP contribution in [0, 0.1) is 10.1 Å². The Morgan fingerprint density at radius 1 is 1.07 bits per heavy atom. The van der Waals surface area contributed by atoms with E-state index in [1.807, 2.05) is 0 Å². The molecular formula is C18H11Cl2N3O4. The fraction of sp³-hybridized carbons (Fsp3) is 0.0556. The lowest BCUT2D eigenvalue weighted by molar-refractivity contribution is -0.384. The van der Waals surface area contributed by atoms with E-state index in [-0.39, 0.29) is 27.8 Å². The Morgan fingerprint density at radius 3 is 2.44 bits per heavy atom. The minimum Gasteiger partial charge on any atom is -0.467 e. The van der Waals surface area contributed by atoms with Gasteiger partial charge in [0.15, 0.2) is 0 Å². The van der Waals surface area contributed by atoms with Crippen molar-refractivity contribution in [2.24, 2.45) is 0 Å². The molecule has 0 radical (unpaired) electrons. The summed E-state index contributed by atoms with van der Waals surface area (Å²) in [6, 6.07) is 10.9. The molecule has 7 nitrogen and oxygen atoms in total. The number of non-ortho nitro benzene ring substituents is 1. The van der Waals surface area contributed by atoms with E-state index in [2.05, 4.69) is 0 Å². The molecule has 0 aliphatic heterocycles. The molecule has 0 N–H and O–H groups in total. The summed E-state index contributed by atoms with van der Waals surface area (Å²) in [5.41, 5.74) is 1.36. The zero-order valence-electron chi connectivity index (χ0n) is 13.6. The number of rotatable bonds is 4. The molecule has 0 bridgehead atoms. The van der Waals surface area contributed by atoms with Gasteiger partial charge >= 0.3 is 0 Å². The molecule has 0 atom stereocenters. The van der Waals surface area contributed by atoms with Crippen molar-refractivity contribution < 1.29 is 9.34 Å². The average molecular weight is 404 g/mol. The molecule has 3 heterocycles. The second-order valence-electron chi connectivity index (χ2n) is 5.81. The number of hydrogen-bond acceptors (Lipinski definition) is 4. The van der Waals surface area contributed by atoms with Gasteiger partial charge in [-0.25, -0.2) is 0 Å². The molecular weight excluding hydrogens is 393 g/mol. The van der Waals surface area contributed by atoms with E-state index in [0.29, 0.717) is 22.5 Å². The monoisotopic (exact) mass is 403 g/mol. The molecule has 4 aromatic rings.